The lowest BCUT2D eigenvalue weighted by Gasteiger charge is -2.31. The fourth-order valence-electron chi connectivity index (χ4n) is 3.58. The highest BCUT2D eigenvalue weighted by molar-refractivity contribution is 5.88. The van der Waals surface area contributed by atoms with Crippen LogP contribution in [0.3, 0.4) is 0 Å². The Kier molecular flexibility index (Phi) is 9.57. The summed E-state index contributed by atoms with van der Waals surface area (Å²) < 4.78 is 5.85. The average molecular weight is 425 g/mol. The second kappa shape index (κ2) is 12.1. The first-order valence-electron chi connectivity index (χ1n) is 11.2. The Morgan fingerprint density at radius 1 is 1.03 bits per heavy atom. The van der Waals surface area contributed by atoms with Gasteiger partial charge in [-0.25, -0.2) is 0 Å². The van der Waals surface area contributed by atoms with Gasteiger partial charge < -0.3 is 15.0 Å². The summed E-state index contributed by atoms with van der Waals surface area (Å²) in [6.45, 7) is 10.9. The van der Waals surface area contributed by atoms with Crippen LogP contribution < -0.4 is 10.1 Å². The lowest BCUT2D eigenvalue weighted by atomic mass is 10.1. The first kappa shape index (κ1) is 24.4. The van der Waals surface area contributed by atoms with Gasteiger partial charge in [0.1, 0.15) is 11.8 Å². The quantitative estimate of drug-likeness (QED) is 0.531. The molecular formula is C26H36N2O3. The molecule has 1 N–H and O–H groups in total. The first-order chi connectivity index (χ1) is 14.9. The van der Waals surface area contributed by atoms with Gasteiger partial charge in [0, 0.05) is 13.1 Å². The minimum Gasteiger partial charge on any atom is -0.483 e. The Balaban J connectivity index is 2.21. The number of rotatable bonds is 11. The van der Waals surface area contributed by atoms with Gasteiger partial charge in [0.2, 0.25) is 5.91 Å². The Morgan fingerprint density at radius 3 is 2.42 bits per heavy atom. The van der Waals surface area contributed by atoms with E-state index in [1.165, 1.54) is 0 Å². The van der Waals surface area contributed by atoms with E-state index in [0.717, 1.165) is 35.1 Å². The van der Waals surface area contributed by atoms with Crippen molar-refractivity contribution in [3.63, 3.8) is 0 Å². The number of ether oxygens (including phenoxy) is 1. The Hall–Kier alpha value is -2.82. The molecule has 2 amide bonds. The number of nitrogens with one attached hydrogen (secondary N) is 1. The number of amides is 2. The van der Waals surface area contributed by atoms with E-state index in [9.17, 15) is 9.59 Å². The van der Waals surface area contributed by atoms with Crippen LogP contribution in [-0.4, -0.2) is 35.9 Å². The van der Waals surface area contributed by atoms with E-state index >= 15 is 0 Å². The fourth-order valence-corrected chi connectivity index (χ4v) is 3.58. The molecule has 0 radical (unpaired) electrons. The van der Waals surface area contributed by atoms with Crippen molar-refractivity contribution in [2.24, 2.45) is 0 Å². The molecule has 31 heavy (non-hydrogen) atoms. The largest absolute Gasteiger partial charge is 0.483 e. The summed E-state index contributed by atoms with van der Waals surface area (Å²) >= 11 is 0. The molecule has 1 unspecified atom stereocenters. The van der Waals surface area contributed by atoms with Crippen LogP contribution in [0.15, 0.2) is 42.5 Å². The lowest BCUT2D eigenvalue weighted by molar-refractivity contribution is -0.143. The van der Waals surface area contributed by atoms with E-state index in [1.807, 2.05) is 70.2 Å². The van der Waals surface area contributed by atoms with Crippen molar-refractivity contribution in [3.05, 3.63) is 64.7 Å². The summed E-state index contributed by atoms with van der Waals surface area (Å²) in [6.07, 6.45) is 2.47. The molecule has 0 saturated heterocycles. The van der Waals surface area contributed by atoms with Crippen molar-refractivity contribution in [1.82, 2.24) is 10.2 Å². The summed E-state index contributed by atoms with van der Waals surface area (Å²) in [6, 6.07) is 13.3. The monoisotopic (exact) mass is 424 g/mol. The van der Waals surface area contributed by atoms with Crippen molar-refractivity contribution in [1.29, 1.82) is 0 Å². The third-order valence-electron chi connectivity index (χ3n) is 5.50. The molecule has 0 aromatic heterocycles. The highest BCUT2D eigenvalue weighted by atomic mass is 16.5. The number of carbonyl (C=O) groups excluding carboxylic acids is 2. The van der Waals surface area contributed by atoms with Crippen molar-refractivity contribution in [2.75, 3.05) is 13.2 Å². The van der Waals surface area contributed by atoms with Crippen molar-refractivity contribution >= 4 is 11.8 Å². The van der Waals surface area contributed by atoms with Gasteiger partial charge in [-0.2, -0.15) is 0 Å². The zero-order valence-corrected chi connectivity index (χ0v) is 19.5. The molecule has 1 atom stereocenters. The molecule has 0 fully saturated rings. The fraction of sp³-hybridized carbons (Fsp3) is 0.462. The van der Waals surface area contributed by atoms with Gasteiger partial charge in [-0.1, -0.05) is 62.2 Å². The van der Waals surface area contributed by atoms with Crippen LogP contribution in [-0.2, 0) is 16.1 Å². The van der Waals surface area contributed by atoms with E-state index < -0.39 is 6.04 Å². The van der Waals surface area contributed by atoms with Crippen LogP contribution in [0.5, 0.6) is 5.75 Å². The zero-order valence-electron chi connectivity index (χ0n) is 19.5. The third kappa shape index (κ3) is 7.12. The molecular weight excluding hydrogens is 388 g/mol. The molecule has 0 saturated carbocycles. The SMILES string of the molecule is CCCCNC(=O)C(CC)N(Cc1ccccc1C)C(=O)COc1ccc(C)cc1C. The van der Waals surface area contributed by atoms with E-state index in [1.54, 1.807) is 4.90 Å². The van der Waals surface area contributed by atoms with Gasteiger partial charge >= 0.3 is 0 Å². The molecule has 0 bridgehead atoms. The van der Waals surface area contributed by atoms with Crippen LogP contribution in [0, 0.1) is 20.8 Å². The lowest BCUT2D eigenvalue weighted by Crippen LogP contribution is -2.50. The molecule has 0 aliphatic rings. The number of nitrogens with zero attached hydrogens (tertiary/aromatic N) is 1. The number of carbonyl (C=O) groups is 2. The maximum Gasteiger partial charge on any atom is 0.261 e. The standard InChI is InChI=1S/C26H36N2O3/c1-6-8-15-27-26(30)23(7-2)28(17-22-12-10-9-11-20(22)4)25(29)18-31-24-14-13-19(3)16-21(24)5/h9-14,16,23H,6-8,15,17-18H2,1-5H3,(H,27,30). The first-order valence-corrected chi connectivity index (χ1v) is 11.2. The maximum atomic E-state index is 13.3. The molecule has 2 rings (SSSR count). The molecule has 2 aromatic rings. The Labute approximate surface area is 186 Å². The summed E-state index contributed by atoms with van der Waals surface area (Å²) in [5, 5.41) is 2.99. The smallest absolute Gasteiger partial charge is 0.261 e. The second-order valence-electron chi connectivity index (χ2n) is 8.07. The Bertz CT molecular complexity index is 879. The highest BCUT2D eigenvalue weighted by Gasteiger charge is 2.29. The summed E-state index contributed by atoms with van der Waals surface area (Å²) in [4.78, 5) is 27.8. The number of unbranched alkanes of at least 4 members (excludes halogenated alkanes) is 1. The van der Waals surface area contributed by atoms with Crippen LogP contribution in [0.1, 0.15) is 55.4 Å². The predicted octanol–water partition coefficient (Wildman–Crippen LogP) is 4.71. The number of hydrogen-bond acceptors (Lipinski definition) is 3. The van der Waals surface area contributed by atoms with Gasteiger partial charge in [0.25, 0.3) is 5.91 Å². The van der Waals surface area contributed by atoms with Gasteiger partial charge in [-0.15, -0.1) is 0 Å². The van der Waals surface area contributed by atoms with Gasteiger partial charge in [0.05, 0.1) is 0 Å². The topological polar surface area (TPSA) is 58.6 Å². The number of hydrogen-bond donors (Lipinski definition) is 1. The number of aryl methyl sites for hydroxylation is 3. The summed E-state index contributed by atoms with van der Waals surface area (Å²) in [5.74, 6) is 0.389. The van der Waals surface area contributed by atoms with Gasteiger partial charge in [-0.05, 0) is 56.4 Å². The van der Waals surface area contributed by atoms with E-state index in [0.29, 0.717) is 25.3 Å². The van der Waals surface area contributed by atoms with E-state index in [-0.39, 0.29) is 18.4 Å². The van der Waals surface area contributed by atoms with E-state index in [4.69, 9.17) is 4.74 Å². The highest BCUT2D eigenvalue weighted by Crippen LogP contribution is 2.20. The minimum absolute atomic E-state index is 0.103. The zero-order chi connectivity index (χ0) is 22.8. The Morgan fingerprint density at radius 2 is 1.77 bits per heavy atom. The van der Waals surface area contributed by atoms with Crippen molar-refractivity contribution in [3.8, 4) is 5.75 Å². The average Bonchev–Trinajstić information content (AvgIpc) is 2.74. The molecule has 168 valence electrons. The van der Waals surface area contributed by atoms with Crippen LogP contribution >= 0.6 is 0 Å². The minimum atomic E-state index is -0.535. The summed E-state index contributed by atoms with van der Waals surface area (Å²) in [7, 11) is 0. The van der Waals surface area contributed by atoms with Crippen LogP contribution in [0.4, 0.5) is 0 Å². The third-order valence-corrected chi connectivity index (χ3v) is 5.50. The molecule has 5 heteroatoms. The van der Waals surface area contributed by atoms with E-state index in [2.05, 4.69) is 12.2 Å². The summed E-state index contributed by atoms with van der Waals surface area (Å²) in [5.41, 5.74) is 4.26. The number of benzene rings is 2. The van der Waals surface area contributed by atoms with Gasteiger partial charge in [0.15, 0.2) is 6.61 Å². The maximum absolute atomic E-state index is 13.3. The molecule has 0 aliphatic heterocycles. The van der Waals surface area contributed by atoms with Gasteiger partial charge in [-0.3, -0.25) is 9.59 Å². The van der Waals surface area contributed by atoms with Crippen LogP contribution in [0.25, 0.3) is 0 Å². The van der Waals surface area contributed by atoms with Crippen molar-refractivity contribution in [2.45, 2.75) is 66.5 Å². The molecule has 0 spiro atoms. The van der Waals surface area contributed by atoms with Crippen molar-refractivity contribution < 1.29 is 14.3 Å². The molecule has 2 aromatic carbocycles. The predicted molar refractivity (Wildman–Crippen MR) is 125 cm³/mol. The molecule has 0 aliphatic carbocycles. The van der Waals surface area contributed by atoms with Crippen LogP contribution in [0.2, 0.25) is 0 Å². The molecule has 5 nitrogen and oxygen atoms in total. The second-order valence-corrected chi connectivity index (χ2v) is 8.07. The molecule has 0 heterocycles. The normalized spacial score (nSPS) is 11.6.